The molecule has 0 atom stereocenters. The Balaban J connectivity index is 0.00000167. The van der Waals surface area contributed by atoms with Crippen LogP contribution in [-0.2, 0) is 11.3 Å². The predicted molar refractivity (Wildman–Crippen MR) is 126 cm³/mol. The molecule has 9 heteroatoms. The zero-order valence-corrected chi connectivity index (χ0v) is 20.1. The molecule has 1 amide bonds. The molecule has 2 aromatic carbocycles. The lowest BCUT2D eigenvalue weighted by Crippen LogP contribution is -2.47. The fraction of sp³-hybridized carbons (Fsp3) is 0.500. The molecule has 0 aromatic heterocycles. The first-order chi connectivity index (χ1) is 16.8. The second-order valence-electron chi connectivity index (χ2n) is 8.68. The van der Waals surface area contributed by atoms with E-state index >= 15 is 0 Å². The second kappa shape index (κ2) is 12.2. The van der Waals surface area contributed by atoms with E-state index in [4.69, 9.17) is 4.74 Å². The normalized spacial score (nSPS) is 17.6. The molecule has 2 fully saturated rings. The number of amides is 1. The number of nitrogens with zero attached hydrogens (tertiary/aromatic N) is 2. The van der Waals surface area contributed by atoms with Crippen LogP contribution in [0.5, 0.6) is 17.2 Å². The molecule has 0 unspecified atom stereocenters. The van der Waals surface area contributed by atoms with Crippen LogP contribution < -0.4 is 4.74 Å². The van der Waals surface area contributed by atoms with E-state index in [9.17, 15) is 28.2 Å². The van der Waals surface area contributed by atoms with Crippen LogP contribution in [0.4, 0.5) is 13.2 Å². The van der Waals surface area contributed by atoms with Crippen LogP contribution in [0.1, 0.15) is 45.1 Å². The van der Waals surface area contributed by atoms with Crippen LogP contribution in [0, 0.1) is 23.4 Å². The fourth-order valence-electron chi connectivity index (χ4n) is 4.54. The summed E-state index contributed by atoms with van der Waals surface area (Å²) in [7, 11) is 0. The number of rotatable bonds is 5. The molecule has 0 saturated carbocycles. The number of ether oxygens (including phenoxy) is 1. The van der Waals surface area contributed by atoms with Crippen molar-refractivity contribution in [2.75, 3.05) is 26.2 Å². The summed E-state index contributed by atoms with van der Waals surface area (Å²) in [4.78, 5) is 16.9. The van der Waals surface area contributed by atoms with E-state index in [1.54, 1.807) is 17.0 Å². The number of halogens is 3. The molecular weight excluding hydrogens is 461 g/mol. The van der Waals surface area contributed by atoms with Gasteiger partial charge in [-0.2, -0.15) is 0 Å². The Bertz CT molecular complexity index is 981. The minimum atomic E-state index is -1.07. The Kier molecular flexibility index (Phi) is 9.26. The van der Waals surface area contributed by atoms with Gasteiger partial charge in [0, 0.05) is 56.1 Å². The summed E-state index contributed by atoms with van der Waals surface area (Å²) in [6.45, 7) is 6.78. The van der Waals surface area contributed by atoms with Gasteiger partial charge in [0.25, 0.3) is 0 Å². The molecule has 2 heterocycles. The summed E-state index contributed by atoms with van der Waals surface area (Å²) >= 11 is 0. The maximum atomic E-state index is 13.8. The lowest BCUT2D eigenvalue weighted by atomic mass is 9.93. The third-order valence-corrected chi connectivity index (χ3v) is 6.43. The fourth-order valence-corrected chi connectivity index (χ4v) is 4.54. The van der Waals surface area contributed by atoms with Crippen molar-refractivity contribution in [2.45, 2.75) is 52.2 Å². The van der Waals surface area contributed by atoms with Crippen molar-refractivity contribution in [3.8, 4) is 17.2 Å². The maximum Gasteiger partial charge on any atom is 0.225 e. The van der Waals surface area contributed by atoms with Crippen molar-refractivity contribution in [1.82, 2.24) is 9.80 Å². The van der Waals surface area contributed by atoms with Gasteiger partial charge in [0.2, 0.25) is 5.91 Å². The van der Waals surface area contributed by atoms with Gasteiger partial charge < -0.3 is 19.8 Å². The summed E-state index contributed by atoms with van der Waals surface area (Å²) in [5.74, 6) is -3.99. The van der Waals surface area contributed by atoms with Gasteiger partial charge in [-0.3, -0.25) is 9.69 Å². The maximum absolute atomic E-state index is 13.8. The van der Waals surface area contributed by atoms with Crippen LogP contribution in [-0.4, -0.2) is 58.2 Å². The summed E-state index contributed by atoms with van der Waals surface area (Å²) in [6.07, 6.45) is 1.83. The highest BCUT2D eigenvalue weighted by molar-refractivity contribution is 5.79. The first-order valence-electron chi connectivity index (χ1n) is 12.1. The van der Waals surface area contributed by atoms with Crippen molar-refractivity contribution < 1.29 is 32.9 Å². The van der Waals surface area contributed by atoms with Gasteiger partial charge in [-0.05, 0) is 32.0 Å². The van der Waals surface area contributed by atoms with E-state index in [0.717, 1.165) is 0 Å². The van der Waals surface area contributed by atoms with Gasteiger partial charge in [0.05, 0.1) is 0 Å². The molecule has 2 aliphatic rings. The highest BCUT2D eigenvalue weighted by Gasteiger charge is 2.32. The van der Waals surface area contributed by atoms with Gasteiger partial charge in [0.15, 0.2) is 28.9 Å². The molecule has 2 aromatic rings. The largest absolute Gasteiger partial charge is 0.504 e. The van der Waals surface area contributed by atoms with Gasteiger partial charge in [0.1, 0.15) is 11.9 Å². The lowest BCUT2D eigenvalue weighted by Gasteiger charge is -2.37. The molecule has 0 radical (unpaired) electrons. The number of aromatic hydroxyl groups is 2. The van der Waals surface area contributed by atoms with Crippen molar-refractivity contribution >= 4 is 5.91 Å². The van der Waals surface area contributed by atoms with Crippen LogP contribution in [0.15, 0.2) is 30.3 Å². The Hall–Kier alpha value is -2.94. The Morgan fingerprint density at radius 3 is 2.17 bits per heavy atom. The highest BCUT2D eigenvalue weighted by Crippen LogP contribution is 2.31. The topological polar surface area (TPSA) is 73.2 Å². The number of hydrogen-bond acceptors (Lipinski definition) is 5. The van der Waals surface area contributed by atoms with E-state index in [0.29, 0.717) is 76.1 Å². The SMILES string of the molecule is CC.O=C(C1CCN(Cc2cccc(O)c2O)CC1)N1CCC(Oc2c(F)cc(F)cc2F)CC1. The van der Waals surface area contributed by atoms with E-state index in [-0.39, 0.29) is 23.3 Å². The summed E-state index contributed by atoms with van der Waals surface area (Å²) in [5, 5.41) is 19.6. The van der Waals surface area contributed by atoms with Crippen LogP contribution >= 0.6 is 0 Å². The number of piperidine rings is 2. The number of para-hydroxylation sites is 1. The van der Waals surface area contributed by atoms with Gasteiger partial charge in [-0.25, -0.2) is 13.2 Å². The number of phenolic OH excluding ortho intramolecular Hbond substituents is 2. The van der Waals surface area contributed by atoms with Crippen LogP contribution in [0.2, 0.25) is 0 Å². The zero-order valence-electron chi connectivity index (χ0n) is 20.1. The Labute approximate surface area is 203 Å². The summed E-state index contributed by atoms with van der Waals surface area (Å²) < 4.78 is 46.2. The van der Waals surface area contributed by atoms with Crippen molar-refractivity contribution in [1.29, 1.82) is 0 Å². The van der Waals surface area contributed by atoms with Crippen molar-refractivity contribution in [3.63, 3.8) is 0 Å². The first-order valence-corrected chi connectivity index (χ1v) is 12.1. The Morgan fingerprint density at radius 2 is 1.57 bits per heavy atom. The number of carbonyl (C=O) groups is 1. The van der Waals surface area contributed by atoms with Crippen LogP contribution in [0.25, 0.3) is 0 Å². The standard InChI is InChI=1S/C24H27F3N2O4.C2H6/c25-17-12-19(26)23(20(27)13-17)33-18-6-10-29(11-7-18)24(32)15-4-8-28(9-5-15)14-16-2-1-3-21(30)22(16)31;1-2/h1-3,12-13,15,18,30-31H,4-11,14H2;1-2H3. The Morgan fingerprint density at radius 1 is 0.971 bits per heavy atom. The zero-order chi connectivity index (χ0) is 25.5. The van der Waals surface area contributed by atoms with Gasteiger partial charge in [-0.1, -0.05) is 26.0 Å². The molecule has 0 aliphatic carbocycles. The molecule has 0 spiro atoms. The van der Waals surface area contributed by atoms with Crippen LogP contribution in [0.3, 0.4) is 0 Å². The van der Waals surface area contributed by atoms with E-state index < -0.39 is 29.3 Å². The summed E-state index contributed by atoms with van der Waals surface area (Å²) in [6, 6.07) is 6.07. The number of hydrogen-bond donors (Lipinski definition) is 2. The number of likely N-dealkylation sites (tertiary alicyclic amines) is 2. The summed E-state index contributed by atoms with van der Waals surface area (Å²) in [5.41, 5.74) is 0.649. The number of phenols is 2. The molecule has 0 bridgehead atoms. The van der Waals surface area contributed by atoms with E-state index in [2.05, 4.69) is 4.90 Å². The van der Waals surface area contributed by atoms with Gasteiger partial charge >= 0.3 is 0 Å². The molecule has 35 heavy (non-hydrogen) atoms. The molecular formula is C26H33F3N2O4. The number of benzene rings is 2. The quantitative estimate of drug-likeness (QED) is 0.583. The monoisotopic (exact) mass is 494 g/mol. The predicted octanol–water partition coefficient (Wildman–Crippen LogP) is 4.82. The highest BCUT2D eigenvalue weighted by atomic mass is 19.1. The van der Waals surface area contributed by atoms with Crippen molar-refractivity contribution in [3.05, 3.63) is 53.3 Å². The first kappa shape index (κ1) is 26.7. The average Bonchev–Trinajstić information content (AvgIpc) is 2.86. The molecule has 2 saturated heterocycles. The van der Waals surface area contributed by atoms with Crippen molar-refractivity contribution in [2.24, 2.45) is 5.92 Å². The lowest BCUT2D eigenvalue weighted by molar-refractivity contribution is -0.139. The smallest absolute Gasteiger partial charge is 0.225 e. The third kappa shape index (κ3) is 6.60. The third-order valence-electron chi connectivity index (χ3n) is 6.43. The molecule has 6 nitrogen and oxygen atoms in total. The van der Waals surface area contributed by atoms with E-state index in [1.165, 1.54) is 6.07 Å². The molecule has 4 rings (SSSR count). The molecule has 2 N–H and O–H groups in total. The average molecular weight is 495 g/mol. The van der Waals surface area contributed by atoms with E-state index in [1.807, 2.05) is 13.8 Å². The van der Waals surface area contributed by atoms with Gasteiger partial charge in [-0.15, -0.1) is 0 Å². The molecule has 192 valence electrons. The number of carbonyl (C=O) groups excluding carboxylic acids is 1. The second-order valence-corrected chi connectivity index (χ2v) is 8.68. The minimum absolute atomic E-state index is 0.0763. The molecule has 2 aliphatic heterocycles. The minimum Gasteiger partial charge on any atom is -0.504 e.